The van der Waals surface area contributed by atoms with Crippen LogP contribution in [0.1, 0.15) is 0 Å². The average molecular weight is 327 g/mol. The lowest BCUT2D eigenvalue weighted by Gasteiger charge is -2.08. The van der Waals surface area contributed by atoms with E-state index in [2.05, 4.69) is 5.32 Å². The molecule has 0 aromatic heterocycles. The molecule has 0 aliphatic carbocycles. The van der Waals surface area contributed by atoms with Crippen LogP contribution in [0.15, 0.2) is 47.4 Å². The molecular weight excluding hydrogens is 315 g/mol. The van der Waals surface area contributed by atoms with Crippen molar-refractivity contribution in [2.24, 2.45) is 0 Å². The van der Waals surface area contributed by atoms with Gasteiger partial charge in [0, 0.05) is 9.92 Å². The Hall–Kier alpha value is -1.92. The predicted molar refractivity (Wildman–Crippen MR) is 82.2 cm³/mol. The van der Waals surface area contributed by atoms with Gasteiger partial charge in [-0.25, -0.2) is 4.39 Å². The molecule has 1 amide bonds. The van der Waals surface area contributed by atoms with Crippen molar-refractivity contribution in [2.45, 2.75) is 4.90 Å². The van der Waals surface area contributed by atoms with Crippen LogP contribution < -0.4 is 11.1 Å². The number of hydrogen-bond donors (Lipinski definition) is 2. The highest BCUT2D eigenvalue weighted by atomic mass is 35.5. The van der Waals surface area contributed by atoms with Crippen molar-refractivity contribution in [3.8, 4) is 0 Å². The third-order valence-corrected chi connectivity index (χ3v) is 4.15. The van der Waals surface area contributed by atoms with Crippen LogP contribution in [0.4, 0.5) is 15.8 Å². The molecule has 2 aromatic rings. The molecule has 1 atom stereocenters. The first-order valence-electron chi connectivity index (χ1n) is 5.94. The summed E-state index contributed by atoms with van der Waals surface area (Å²) in [5.41, 5.74) is 5.97. The van der Waals surface area contributed by atoms with E-state index in [1.54, 1.807) is 18.2 Å². The Balaban J connectivity index is 2.03. The van der Waals surface area contributed by atoms with Crippen molar-refractivity contribution in [2.75, 3.05) is 16.8 Å². The number of anilines is 2. The number of nitrogen functional groups attached to an aromatic ring is 1. The minimum atomic E-state index is -1.52. The topological polar surface area (TPSA) is 72.2 Å². The fraction of sp³-hybridized carbons (Fsp3) is 0.0714. The standard InChI is InChI=1S/C14H12ClFN2O2S/c15-9-2-1-3-11(6-9)21(20)8-14(19)18-13-5-4-10(16)7-12(13)17/h1-7H,8,17H2,(H,18,19). The summed E-state index contributed by atoms with van der Waals surface area (Å²) in [4.78, 5) is 12.3. The van der Waals surface area contributed by atoms with Crippen LogP contribution in [-0.4, -0.2) is 15.9 Å². The zero-order chi connectivity index (χ0) is 15.4. The SMILES string of the molecule is Nc1cc(F)ccc1NC(=O)CS(=O)c1cccc(Cl)c1. The molecule has 0 heterocycles. The molecule has 0 bridgehead atoms. The van der Waals surface area contributed by atoms with Gasteiger partial charge in [-0.3, -0.25) is 9.00 Å². The molecule has 21 heavy (non-hydrogen) atoms. The van der Waals surface area contributed by atoms with Crippen LogP contribution in [0, 0.1) is 5.82 Å². The molecule has 110 valence electrons. The molecule has 7 heteroatoms. The first kappa shape index (κ1) is 15.5. The van der Waals surface area contributed by atoms with Crippen molar-refractivity contribution in [1.82, 2.24) is 0 Å². The van der Waals surface area contributed by atoms with Crippen LogP contribution in [-0.2, 0) is 15.6 Å². The summed E-state index contributed by atoms with van der Waals surface area (Å²) >= 11 is 5.80. The summed E-state index contributed by atoms with van der Waals surface area (Å²) in [6, 6.07) is 10.1. The van der Waals surface area contributed by atoms with Gasteiger partial charge in [0.15, 0.2) is 0 Å². The van der Waals surface area contributed by atoms with Crippen LogP contribution in [0.5, 0.6) is 0 Å². The number of carbonyl (C=O) groups excluding carboxylic acids is 1. The molecular formula is C14H12ClFN2O2S. The van der Waals surface area contributed by atoms with Crippen molar-refractivity contribution in [1.29, 1.82) is 0 Å². The van der Waals surface area contributed by atoms with E-state index in [9.17, 15) is 13.4 Å². The molecule has 1 unspecified atom stereocenters. The molecule has 4 nitrogen and oxygen atoms in total. The van der Waals surface area contributed by atoms with E-state index in [1.165, 1.54) is 18.2 Å². The number of nitrogens with one attached hydrogen (secondary N) is 1. The van der Waals surface area contributed by atoms with E-state index in [0.717, 1.165) is 6.07 Å². The number of nitrogens with two attached hydrogens (primary N) is 1. The molecule has 0 saturated carbocycles. The highest BCUT2D eigenvalue weighted by Crippen LogP contribution is 2.19. The van der Waals surface area contributed by atoms with Gasteiger partial charge in [0.05, 0.1) is 22.2 Å². The molecule has 0 aliphatic rings. The minimum Gasteiger partial charge on any atom is -0.397 e. The maximum Gasteiger partial charge on any atom is 0.237 e. The zero-order valence-electron chi connectivity index (χ0n) is 10.8. The van der Waals surface area contributed by atoms with Gasteiger partial charge in [-0.2, -0.15) is 0 Å². The number of amides is 1. The molecule has 2 rings (SSSR count). The second-order valence-electron chi connectivity index (χ2n) is 4.23. The third-order valence-electron chi connectivity index (χ3n) is 2.61. The number of rotatable bonds is 4. The Bertz CT molecular complexity index is 709. The first-order valence-corrected chi connectivity index (χ1v) is 7.64. The van der Waals surface area contributed by atoms with Gasteiger partial charge in [-0.15, -0.1) is 0 Å². The van der Waals surface area contributed by atoms with Crippen LogP contribution in [0.25, 0.3) is 0 Å². The van der Waals surface area contributed by atoms with Gasteiger partial charge in [-0.1, -0.05) is 17.7 Å². The van der Waals surface area contributed by atoms with Gasteiger partial charge >= 0.3 is 0 Å². The first-order chi connectivity index (χ1) is 9.95. The van der Waals surface area contributed by atoms with E-state index in [0.29, 0.717) is 9.92 Å². The Labute approximate surface area is 128 Å². The number of halogens is 2. The van der Waals surface area contributed by atoms with Crippen molar-refractivity contribution in [3.05, 3.63) is 53.3 Å². The molecule has 3 N–H and O–H groups in total. The lowest BCUT2D eigenvalue weighted by molar-refractivity contribution is -0.113. The minimum absolute atomic E-state index is 0.108. The lowest BCUT2D eigenvalue weighted by Crippen LogP contribution is -2.20. The Morgan fingerprint density at radius 1 is 1.29 bits per heavy atom. The maximum atomic E-state index is 12.9. The monoisotopic (exact) mass is 326 g/mol. The Morgan fingerprint density at radius 3 is 2.71 bits per heavy atom. The van der Waals surface area contributed by atoms with Crippen LogP contribution in [0.3, 0.4) is 0 Å². The average Bonchev–Trinajstić information content (AvgIpc) is 2.42. The Kier molecular flexibility index (Phi) is 4.93. The zero-order valence-corrected chi connectivity index (χ0v) is 12.4. The fourth-order valence-electron chi connectivity index (χ4n) is 1.64. The van der Waals surface area contributed by atoms with Crippen molar-refractivity contribution in [3.63, 3.8) is 0 Å². The second-order valence-corrected chi connectivity index (χ2v) is 6.11. The van der Waals surface area contributed by atoms with Gasteiger partial charge in [0.2, 0.25) is 5.91 Å². The molecule has 0 fully saturated rings. The smallest absolute Gasteiger partial charge is 0.237 e. The van der Waals surface area contributed by atoms with E-state index in [1.807, 2.05) is 0 Å². The molecule has 0 radical (unpaired) electrons. The second kappa shape index (κ2) is 6.69. The predicted octanol–water partition coefficient (Wildman–Crippen LogP) is 2.81. The molecule has 2 aromatic carbocycles. The summed E-state index contributed by atoms with van der Waals surface area (Å²) in [6.07, 6.45) is 0. The van der Waals surface area contributed by atoms with Crippen molar-refractivity contribution < 1.29 is 13.4 Å². The van der Waals surface area contributed by atoms with Crippen LogP contribution >= 0.6 is 11.6 Å². The largest absolute Gasteiger partial charge is 0.397 e. The van der Waals surface area contributed by atoms with E-state index in [-0.39, 0.29) is 17.1 Å². The third kappa shape index (κ3) is 4.27. The summed E-state index contributed by atoms with van der Waals surface area (Å²) in [5.74, 6) is -1.21. The van der Waals surface area contributed by atoms with Gasteiger partial charge in [0.25, 0.3) is 0 Å². The Morgan fingerprint density at radius 2 is 2.05 bits per heavy atom. The van der Waals surface area contributed by atoms with Crippen LogP contribution in [0.2, 0.25) is 5.02 Å². The van der Waals surface area contributed by atoms with Gasteiger partial charge in [0.1, 0.15) is 11.6 Å². The molecule has 0 saturated heterocycles. The highest BCUT2D eigenvalue weighted by molar-refractivity contribution is 7.85. The molecule has 0 aliphatic heterocycles. The lowest BCUT2D eigenvalue weighted by atomic mass is 10.2. The van der Waals surface area contributed by atoms with Gasteiger partial charge in [-0.05, 0) is 36.4 Å². The van der Waals surface area contributed by atoms with E-state index >= 15 is 0 Å². The quantitative estimate of drug-likeness (QED) is 0.849. The molecule has 0 spiro atoms. The van der Waals surface area contributed by atoms with Crippen molar-refractivity contribution >= 4 is 39.7 Å². The number of carbonyl (C=O) groups is 1. The summed E-state index contributed by atoms with van der Waals surface area (Å²) in [5, 5.41) is 2.94. The normalized spacial score (nSPS) is 11.9. The fourth-order valence-corrected chi connectivity index (χ4v) is 2.87. The maximum absolute atomic E-state index is 12.9. The highest BCUT2D eigenvalue weighted by Gasteiger charge is 2.12. The number of hydrogen-bond acceptors (Lipinski definition) is 3. The van der Waals surface area contributed by atoms with Gasteiger partial charge < -0.3 is 11.1 Å². The van der Waals surface area contributed by atoms with E-state index < -0.39 is 22.5 Å². The summed E-state index contributed by atoms with van der Waals surface area (Å²) < 4.78 is 24.9. The van der Waals surface area contributed by atoms with E-state index in [4.69, 9.17) is 17.3 Å². The summed E-state index contributed by atoms with van der Waals surface area (Å²) in [6.45, 7) is 0. The number of benzene rings is 2. The summed E-state index contributed by atoms with van der Waals surface area (Å²) in [7, 11) is -1.52.